The predicted molar refractivity (Wildman–Crippen MR) is 161 cm³/mol. The number of hydrogen-bond donors (Lipinski definition) is 1. The molecule has 0 radical (unpaired) electrons. The summed E-state index contributed by atoms with van der Waals surface area (Å²) in [6.07, 6.45) is 5.74. The molecule has 6 nitrogen and oxygen atoms in total. The average Bonchev–Trinajstić information content (AvgIpc) is 3.00. The zero-order valence-corrected chi connectivity index (χ0v) is 24.3. The van der Waals surface area contributed by atoms with Crippen molar-refractivity contribution in [3.63, 3.8) is 0 Å². The zero-order chi connectivity index (χ0) is 28.3. The van der Waals surface area contributed by atoms with Crippen LogP contribution in [0.5, 0.6) is 5.75 Å². The van der Waals surface area contributed by atoms with Gasteiger partial charge in [-0.1, -0.05) is 73.2 Å². The molecule has 1 saturated carbocycles. The van der Waals surface area contributed by atoms with Crippen LogP contribution < -0.4 is 4.74 Å². The number of rotatable bonds is 15. The van der Waals surface area contributed by atoms with Crippen LogP contribution in [0.1, 0.15) is 66.4 Å². The van der Waals surface area contributed by atoms with E-state index >= 15 is 0 Å². The van der Waals surface area contributed by atoms with Gasteiger partial charge in [0.05, 0.1) is 45.4 Å². The first-order valence-corrected chi connectivity index (χ1v) is 15.1. The van der Waals surface area contributed by atoms with Crippen LogP contribution in [0.4, 0.5) is 0 Å². The van der Waals surface area contributed by atoms with Gasteiger partial charge in [-0.05, 0) is 59.6 Å². The minimum atomic E-state index is -0.00191. The lowest BCUT2D eigenvalue weighted by Gasteiger charge is -2.38. The molecule has 2 fully saturated rings. The molecule has 0 spiro atoms. The van der Waals surface area contributed by atoms with Crippen LogP contribution in [0, 0.1) is 5.92 Å². The van der Waals surface area contributed by atoms with E-state index in [1.807, 2.05) is 25.3 Å². The van der Waals surface area contributed by atoms with Gasteiger partial charge < -0.3 is 24.1 Å². The molecule has 5 rings (SSSR count). The van der Waals surface area contributed by atoms with Gasteiger partial charge in [0.2, 0.25) is 0 Å². The van der Waals surface area contributed by atoms with Crippen LogP contribution in [0.15, 0.2) is 78.9 Å². The lowest BCUT2D eigenvalue weighted by molar-refractivity contribution is -0.0443. The molecule has 0 amide bonds. The number of hydrogen-bond acceptors (Lipinski definition) is 6. The third-order valence-corrected chi connectivity index (χ3v) is 8.54. The quantitative estimate of drug-likeness (QED) is 0.215. The number of methoxy groups -OCH3 is 1. The summed E-state index contributed by atoms with van der Waals surface area (Å²) in [7, 11) is 1.82. The van der Waals surface area contributed by atoms with Crippen LogP contribution >= 0.6 is 0 Å². The Balaban J connectivity index is 1.12. The van der Waals surface area contributed by atoms with Gasteiger partial charge >= 0.3 is 0 Å². The fraction of sp³-hybridized carbons (Fsp3) is 0.486. The highest BCUT2D eigenvalue weighted by Crippen LogP contribution is 2.40. The highest BCUT2D eigenvalue weighted by Gasteiger charge is 2.31. The maximum absolute atomic E-state index is 9.82. The standard InChI is InChI=1S/C35H45NO5/c1-38-35(30-11-6-12-30)31-13-5-10-28(22-31)25-41-34-23-36(26-37)19-18-33(34)29-14-16-32(17-15-29)40-21-7-20-39-24-27-8-3-2-4-9-27/h2-5,8-10,13-17,22,30,33-35,37H,6-7,11-12,18-21,23-26H2,1H3. The molecule has 41 heavy (non-hydrogen) atoms. The molecule has 6 heteroatoms. The third-order valence-electron chi connectivity index (χ3n) is 8.54. The summed E-state index contributed by atoms with van der Waals surface area (Å²) >= 11 is 0. The predicted octanol–water partition coefficient (Wildman–Crippen LogP) is 6.48. The monoisotopic (exact) mass is 559 g/mol. The second-order valence-corrected chi connectivity index (χ2v) is 11.4. The molecular weight excluding hydrogens is 514 g/mol. The summed E-state index contributed by atoms with van der Waals surface area (Å²) in [6.45, 7) is 4.10. The molecule has 3 unspecified atom stereocenters. The van der Waals surface area contributed by atoms with Crippen LogP contribution in [0.3, 0.4) is 0 Å². The van der Waals surface area contributed by atoms with Crippen LogP contribution in [-0.2, 0) is 27.4 Å². The second kappa shape index (κ2) is 15.5. The van der Waals surface area contributed by atoms with E-state index < -0.39 is 0 Å². The highest BCUT2D eigenvalue weighted by molar-refractivity contribution is 5.31. The number of likely N-dealkylation sites (tertiary alicyclic amines) is 1. The van der Waals surface area contributed by atoms with Gasteiger partial charge in [-0.2, -0.15) is 0 Å². The number of piperidine rings is 1. The van der Waals surface area contributed by atoms with E-state index in [9.17, 15) is 5.11 Å². The Bertz CT molecular complexity index is 1170. The van der Waals surface area contributed by atoms with Gasteiger partial charge in [-0.3, -0.25) is 4.90 Å². The summed E-state index contributed by atoms with van der Waals surface area (Å²) in [6, 6.07) is 27.4. The molecule has 3 aromatic carbocycles. The second-order valence-electron chi connectivity index (χ2n) is 11.4. The molecule has 220 valence electrons. The Kier molecular flexibility index (Phi) is 11.2. The Morgan fingerprint density at radius 2 is 1.68 bits per heavy atom. The van der Waals surface area contributed by atoms with Crippen molar-refractivity contribution in [1.29, 1.82) is 0 Å². The molecule has 1 N–H and O–H groups in total. The van der Waals surface area contributed by atoms with Gasteiger partial charge in [-0.25, -0.2) is 0 Å². The number of aliphatic hydroxyl groups excluding tert-OH is 1. The number of nitrogens with zero attached hydrogens (tertiary/aromatic N) is 1. The van der Waals surface area contributed by atoms with E-state index in [4.69, 9.17) is 18.9 Å². The minimum absolute atomic E-state index is 0.00191. The molecule has 3 atom stereocenters. The lowest BCUT2D eigenvalue weighted by atomic mass is 9.78. The maximum atomic E-state index is 9.82. The van der Waals surface area contributed by atoms with E-state index in [-0.39, 0.29) is 24.9 Å². The van der Waals surface area contributed by atoms with Crippen molar-refractivity contribution in [3.05, 3.63) is 101 Å². The Labute approximate surface area is 245 Å². The maximum Gasteiger partial charge on any atom is 0.119 e. The van der Waals surface area contributed by atoms with Crippen LogP contribution in [0.2, 0.25) is 0 Å². The first kappa shape index (κ1) is 29.7. The molecule has 1 aliphatic carbocycles. The van der Waals surface area contributed by atoms with Crippen molar-refractivity contribution in [2.45, 2.75) is 63.4 Å². The summed E-state index contributed by atoms with van der Waals surface area (Å²) in [5.41, 5.74) is 4.85. The topological polar surface area (TPSA) is 60.4 Å². The lowest BCUT2D eigenvalue weighted by Crippen LogP contribution is -2.44. The van der Waals surface area contributed by atoms with E-state index in [0.29, 0.717) is 38.9 Å². The summed E-state index contributed by atoms with van der Waals surface area (Å²) in [5.74, 6) is 1.76. The fourth-order valence-electron chi connectivity index (χ4n) is 5.99. The Morgan fingerprint density at radius 3 is 2.41 bits per heavy atom. The van der Waals surface area contributed by atoms with Gasteiger partial charge in [0.15, 0.2) is 0 Å². The molecule has 1 saturated heterocycles. The van der Waals surface area contributed by atoms with Gasteiger partial charge in [0, 0.05) is 32.5 Å². The van der Waals surface area contributed by atoms with Crippen molar-refractivity contribution in [2.75, 3.05) is 40.1 Å². The fourth-order valence-corrected chi connectivity index (χ4v) is 5.99. The molecule has 0 bridgehead atoms. The Morgan fingerprint density at radius 1 is 0.878 bits per heavy atom. The number of benzene rings is 3. The first-order chi connectivity index (χ1) is 20.2. The van der Waals surface area contributed by atoms with E-state index in [0.717, 1.165) is 25.1 Å². The molecule has 0 aromatic heterocycles. The summed E-state index contributed by atoms with van der Waals surface area (Å²) < 4.78 is 24.2. The van der Waals surface area contributed by atoms with E-state index in [1.165, 1.54) is 41.5 Å². The van der Waals surface area contributed by atoms with Crippen molar-refractivity contribution < 1.29 is 24.1 Å². The molecule has 1 aliphatic heterocycles. The van der Waals surface area contributed by atoms with Crippen LogP contribution in [0.25, 0.3) is 0 Å². The molecular formula is C35H45NO5. The zero-order valence-electron chi connectivity index (χ0n) is 24.3. The SMILES string of the molecule is COC(c1cccc(COC2CN(CO)CCC2c2ccc(OCCCOCc3ccccc3)cc2)c1)C1CCC1. The van der Waals surface area contributed by atoms with Crippen molar-refractivity contribution in [3.8, 4) is 5.75 Å². The van der Waals surface area contributed by atoms with Gasteiger partial charge in [0.25, 0.3) is 0 Å². The molecule has 2 aliphatic rings. The van der Waals surface area contributed by atoms with Gasteiger partial charge in [-0.15, -0.1) is 0 Å². The Hall–Kier alpha value is -2.74. The van der Waals surface area contributed by atoms with Crippen LogP contribution in [-0.4, -0.2) is 56.3 Å². The number of ether oxygens (including phenoxy) is 4. The minimum Gasteiger partial charge on any atom is -0.494 e. The van der Waals surface area contributed by atoms with Gasteiger partial charge in [0.1, 0.15) is 5.75 Å². The highest BCUT2D eigenvalue weighted by atomic mass is 16.5. The summed E-state index contributed by atoms with van der Waals surface area (Å²) in [4.78, 5) is 2.06. The first-order valence-electron chi connectivity index (χ1n) is 15.1. The third kappa shape index (κ3) is 8.40. The smallest absolute Gasteiger partial charge is 0.119 e. The van der Waals surface area contributed by atoms with E-state index in [2.05, 4.69) is 65.6 Å². The van der Waals surface area contributed by atoms with E-state index in [1.54, 1.807) is 0 Å². The summed E-state index contributed by atoms with van der Waals surface area (Å²) in [5, 5.41) is 9.82. The van der Waals surface area contributed by atoms with Crippen molar-refractivity contribution in [2.24, 2.45) is 5.92 Å². The largest absolute Gasteiger partial charge is 0.494 e. The average molecular weight is 560 g/mol. The van der Waals surface area contributed by atoms with Crippen molar-refractivity contribution >= 4 is 0 Å². The molecule has 3 aromatic rings. The number of aliphatic hydroxyl groups is 1. The van der Waals surface area contributed by atoms with Crippen molar-refractivity contribution in [1.82, 2.24) is 4.90 Å². The normalized spacial score (nSPS) is 20.4. The molecule has 1 heterocycles.